The van der Waals surface area contributed by atoms with Crippen molar-refractivity contribution in [3.8, 4) is 11.5 Å². The number of alkyl halides is 4. The first-order valence-electron chi connectivity index (χ1n) is 6.78. The molecular formula is C16H13F4NO3. The molecule has 1 atom stereocenters. The van der Waals surface area contributed by atoms with Crippen LogP contribution in [0.3, 0.4) is 0 Å². The van der Waals surface area contributed by atoms with E-state index in [0.29, 0.717) is 17.7 Å². The number of rotatable bonds is 4. The van der Waals surface area contributed by atoms with Gasteiger partial charge in [0.1, 0.15) is 0 Å². The van der Waals surface area contributed by atoms with Gasteiger partial charge in [-0.05, 0) is 35.4 Å². The zero-order valence-corrected chi connectivity index (χ0v) is 12.1. The minimum atomic E-state index is -4.53. The van der Waals surface area contributed by atoms with E-state index in [1.54, 1.807) is 0 Å². The predicted octanol–water partition coefficient (Wildman–Crippen LogP) is 3.44. The lowest BCUT2D eigenvalue weighted by Crippen LogP contribution is -2.27. The van der Waals surface area contributed by atoms with Gasteiger partial charge in [-0.25, -0.2) is 4.39 Å². The van der Waals surface area contributed by atoms with Crippen LogP contribution in [0.25, 0.3) is 0 Å². The largest absolute Gasteiger partial charge is 0.504 e. The average molecular weight is 343 g/mol. The highest BCUT2D eigenvalue weighted by Crippen LogP contribution is 2.30. The summed E-state index contributed by atoms with van der Waals surface area (Å²) in [7, 11) is 0. The van der Waals surface area contributed by atoms with Gasteiger partial charge >= 0.3 is 6.18 Å². The summed E-state index contributed by atoms with van der Waals surface area (Å²) in [4.78, 5) is 11.7. The SMILES string of the molecule is O=C(NCc1ccc(O)c(O)c1)[C@H](F)c1ccc(C(F)(F)F)cc1. The van der Waals surface area contributed by atoms with Crippen molar-refractivity contribution in [3.05, 3.63) is 59.2 Å². The van der Waals surface area contributed by atoms with Crippen LogP contribution in [-0.2, 0) is 17.5 Å². The van der Waals surface area contributed by atoms with Crippen LogP contribution >= 0.6 is 0 Å². The lowest BCUT2D eigenvalue weighted by Gasteiger charge is -2.12. The number of phenolic OH excluding ortho intramolecular Hbond substituents is 2. The Morgan fingerprint density at radius 2 is 1.67 bits per heavy atom. The highest BCUT2D eigenvalue weighted by Gasteiger charge is 2.30. The Hall–Kier alpha value is -2.77. The fraction of sp³-hybridized carbons (Fsp3) is 0.188. The molecule has 2 aromatic carbocycles. The summed E-state index contributed by atoms with van der Waals surface area (Å²) in [5, 5.41) is 20.7. The standard InChI is InChI=1S/C16H13F4NO3/c17-14(10-2-4-11(5-3-10)16(18,19)20)15(24)21-8-9-1-6-12(22)13(23)7-9/h1-7,14,22-23H,8H2,(H,21,24)/t14-/m1/s1. The zero-order chi connectivity index (χ0) is 17.9. The first-order valence-corrected chi connectivity index (χ1v) is 6.78. The third kappa shape index (κ3) is 4.15. The van der Waals surface area contributed by atoms with Crippen molar-refractivity contribution in [2.24, 2.45) is 0 Å². The summed E-state index contributed by atoms with van der Waals surface area (Å²) in [6.07, 6.45) is -6.66. The molecule has 0 fully saturated rings. The zero-order valence-electron chi connectivity index (χ0n) is 12.1. The quantitative estimate of drug-likeness (QED) is 0.588. The molecule has 1 amide bonds. The fourth-order valence-corrected chi connectivity index (χ4v) is 1.95. The van der Waals surface area contributed by atoms with Gasteiger partial charge < -0.3 is 15.5 Å². The number of hydrogen-bond donors (Lipinski definition) is 3. The topological polar surface area (TPSA) is 69.6 Å². The van der Waals surface area contributed by atoms with Gasteiger partial charge in [0.15, 0.2) is 11.5 Å². The fourth-order valence-electron chi connectivity index (χ4n) is 1.95. The number of hydrogen-bond acceptors (Lipinski definition) is 3. The molecule has 3 N–H and O–H groups in total. The first-order chi connectivity index (χ1) is 11.2. The van der Waals surface area contributed by atoms with Crippen molar-refractivity contribution >= 4 is 5.91 Å². The molecule has 0 radical (unpaired) electrons. The van der Waals surface area contributed by atoms with E-state index in [-0.39, 0.29) is 23.6 Å². The Morgan fingerprint density at radius 3 is 2.21 bits per heavy atom. The van der Waals surface area contributed by atoms with E-state index in [1.165, 1.54) is 18.2 Å². The second kappa shape index (κ2) is 6.77. The highest BCUT2D eigenvalue weighted by atomic mass is 19.4. The lowest BCUT2D eigenvalue weighted by molar-refractivity contribution is -0.137. The van der Waals surface area contributed by atoms with E-state index < -0.39 is 23.8 Å². The van der Waals surface area contributed by atoms with Gasteiger partial charge in [-0.3, -0.25) is 4.79 Å². The highest BCUT2D eigenvalue weighted by molar-refractivity contribution is 5.82. The van der Waals surface area contributed by atoms with E-state index in [4.69, 9.17) is 5.11 Å². The Bertz CT molecular complexity index is 729. The first kappa shape index (κ1) is 17.6. The molecule has 0 heterocycles. The van der Waals surface area contributed by atoms with Gasteiger partial charge in [-0.15, -0.1) is 0 Å². The summed E-state index contributed by atoms with van der Waals surface area (Å²) in [5.41, 5.74) is -0.717. The molecule has 0 saturated heterocycles. The molecule has 128 valence electrons. The number of phenols is 2. The van der Waals surface area contributed by atoms with Gasteiger partial charge in [0.05, 0.1) is 5.56 Å². The van der Waals surface area contributed by atoms with Crippen LogP contribution in [0.5, 0.6) is 11.5 Å². The van der Waals surface area contributed by atoms with Crippen LogP contribution < -0.4 is 5.32 Å². The number of aromatic hydroxyl groups is 2. The van der Waals surface area contributed by atoms with Gasteiger partial charge in [-0.1, -0.05) is 18.2 Å². The number of amides is 1. The van der Waals surface area contributed by atoms with Crippen LogP contribution in [0, 0.1) is 0 Å². The predicted molar refractivity (Wildman–Crippen MR) is 76.9 cm³/mol. The number of benzene rings is 2. The smallest absolute Gasteiger partial charge is 0.416 e. The molecule has 8 heteroatoms. The van der Waals surface area contributed by atoms with E-state index >= 15 is 0 Å². The molecule has 24 heavy (non-hydrogen) atoms. The summed E-state index contributed by atoms with van der Waals surface area (Å²) >= 11 is 0. The summed E-state index contributed by atoms with van der Waals surface area (Å²) in [5.74, 6) is -1.75. The molecule has 0 bridgehead atoms. The summed E-state index contributed by atoms with van der Waals surface area (Å²) in [6.45, 7) is -0.117. The maximum Gasteiger partial charge on any atom is 0.416 e. The van der Waals surface area contributed by atoms with Crippen molar-refractivity contribution in [1.82, 2.24) is 5.32 Å². The third-order valence-electron chi connectivity index (χ3n) is 3.27. The van der Waals surface area contributed by atoms with Gasteiger partial charge in [-0.2, -0.15) is 13.2 Å². The van der Waals surface area contributed by atoms with Crippen molar-refractivity contribution in [1.29, 1.82) is 0 Å². The maximum atomic E-state index is 14.0. The minimum Gasteiger partial charge on any atom is -0.504 e. The Balaban J connectivity index is 2.00. The number of carbonyl (C=O) groups excluding carboxylic acids is 1. The molecule has 0 aliphatic carbocycles. The molecule has 2 aromatic rings. The van der Waals surface area contributed by atoms with Gasteiger partial charge in [0.2, 0.25) is 6.17 Å². The number of nitrogens with one attached hydrogen (secondary N) is 1. The van der Waals surface area contributed by atoms with Crippen molar-refractivity contribution in [2.45, 2.75) is 18.9 Å². The molecule has 0 aliphatic heterocycles. The lowest BCUT2D eigenvalue weighted by atomic mass is 10.1. The van der Waals surface area contributed by atoms with Gasteiger partial charge in [0.25, 0.3) is 5.91 Å². The number of halogens is 4. The maximum absolute atomic E-state index is 14.0. The van der Waals surface area contributed by atoms with E-state index in [1.807, 2.05) is 0 Å². The van der Waals surface area contributed by atoms with Crippen LogP contribution in [0.15, 0.2) is 42.5 Å². The normalized spacial score (nSPS) is 12.7. The van der Waals surface area contributed by atoms with Crippen LogP contribution in [0.2, 0.25) is 0 Å². The Morgan fingerprint density at radius 1 is 1.04 bits per heavy atom. The van der Waals surface area contributed by atoms with Gasteiger partial charge in [0, 0.05) is 6.54 Å². The van der Waals surface area contributed by atoms with Crippen LogP contribution in [0.4, 0.5) is 17.6 Å². The van der Waals surface area contributed by atoms with Crippen LogP contribution in [-0.4, -0.2) is 16.1 Å². The van der Waals surface area contributed by atoms with E-state index in [0.717, 1.165) is 12.1 Å². The molecule has 2 rings (SSSR count). The van der Waals surface area contributed by atoms with Crippen molar-refractivity contribution in [3.63, 3.8) is 0 Å². The van der Waals surface area contributed by atoms with Crippen molar-refractivity contribution < 1.29 is 32.6 Å². The molecule has 0 unspecified atom stereocenters. The molecule has 0 spiro atoms. The molecule has 0 saturated carbocycles. The Labute approximate surface area is 134 Å². The molecular weight excluding hydrogens is 330 g/mol. The summed E-state index contributed by atoms with van der Waals surface area (Å²) in [6, 6.07) is 7.03. The average Bonchev–Trinajstić information content (AvgIpc) is 2.54. The monoisotopic (exact) mass is 343 g/mol. The molecule has 0 aromatic heterocycles. The molecule has 4 nitrogen and oxygen atoms in total. The summed E-state index contributed by atoms with van der Waals surface area (Å²) < 4.78 is 51.3. The minimum absolute atomic E-state index is 0.117. The van der Waals surface area contributed by atoms with Crippen LogP contribution in [0.1, 0.15) is 22.9 Å². The van der Waals surface area contributed by atoms with Crippen molar-refractivity contribution in [2.75, 3.05) is 0 Å². The third-order valence-corrected chi connectivity index (χ3v) is 3.27. The number of carbonyl (C=O) groups is 1. The van der Waals surface area contributed by atoms with E-state index in [9.17, 15) is 27.5 Å². The van der Waals surface area contributed by atoms with E-state index in [2.05, 4.69) is 5.32 Å². The second-order valence-electron chi connectivity index (χ2n) is 5.02. The molecule has 0 aliphatic rings. The second-order valence-corrected chi connectivity index (χ2v) is 5.02. The Kier molecular flexibility index (Phi) is 4.96.